The molecule has 0 unspecified atom stereocenters. The summed E-state index contributed by atoms with van der Waals surface area (Å²) in [6.07, 6.45) is 0.369. The van der Waals surface area contributed by atoms with Crippen LogP contribution in [0.1, 0.15) is 11.5 Å². The van der Waals surface area contributed by atoms with Crippen LogP contribution in [0.2, 0.25) is 0 Å². The highest BCUT2D eigenvalue weighted by atomic mass is 32.2. The van der Waals surface area contributed by atoms with Gasteiger partial charge in [-0.1, -0.05) is 30.3 Å². The van der Waals surface area contributed by atoms with E-state index in [0.29, 0.717) is 11.8 Å². The molecule has 0 aliphatic heterocycles. The van der Waals surface area contributed by atoms with Gasteiger partial charge in [0.1, 0.15) is 22.8 Å². The zero-order valence-electron chi connectivity index (χ0n) is 11.9. The molecule has 3 atom stereocenters. The number of carbonyl (C=O) groups is 1. The fraction of sp³-hybridized carbons (Fsp3) is 0.176. The Morgan fingerprint density at radius 1 is 1.13 bits per heavy atom. The highest BCUT2D eigenvalue weighted by molar-refractivity contribution is 7.92. The fourth-order valence-corrected chi connectivity index (χ4v) is 5.28. The van der Waals surface area contributed by atoms with Gasteiger partial charge in [-0.25, -0.2) is 12.8 Å². The lowest BCUT2D eigenvalue weighted by atomic mass is 10.0. The highest BCUT2D eigenvalue weighted by Crippen LogP contribution is 2.62. The van der Waals surface area contributed by atoms with Crippen LogP contribution in [0.5, 0.6) is 0 Å². The molecule has 6 heteroatoms. The van der Waals surface area contributed by atoms with Gasteiger partial charge in [0.25, 0.3) is 0 Å². The molecule has 1 saturated carbocycles. The molecule has 1 fully saturated rings. The Kier molecular flexibility index (Phi) is 3.53. The molecule has 0 bridgehead atoms. The van der Waals surface area contributed by atoms with Crippen molar-refractivity contribution in [2.45, 2.75) is 16.1 Å². The van der Waals surface area contributed by atoms with E-state index in [1.807, 2.05) is 6.07 Å². The first-order valence-electron chi connectivity index (χ1n) is 6.89. The van der Waals surface area contributed by atoms with Gasteiger partial charge in [-0.15, -0.1) is 0 Å². The van der Waals surface area contributed by atoms with Crippen LogP contribution >= 0.6 is 0 Å². The highest BCUT2D eigenvalue weighted by Gasteiger charge is 2.72. The Labute approximate surface area is 133 Å². The molecule has 1 aliphatic rings. The summed E-state index contributed by atoms with van der Waals surface area (Å²) < 4.78 is 39.0. The number of hydrogen-bond donors (Lipinski definition) is 0. The quantitative estimate of drug-likeness (QED) is 0.808. The molecule has 2 aromatic rings. The van der Waals surface area contributed by atoms with E-state index >= 15 is 0 Å². The number of nitrogens with zero attached hydrogens (tertiary/aromatic N) is 1. The van der Waals surface area contributed by atoms with E-state index in [1.54, 1.807) is 18.2 Å². The molecule has 0 radical (unpaired) electrons. The Morgan fingerprint density at radius 3 is 2.39 bits per heavy atom. The summed E-state index contributed by atoms with van der Waals surface area (Å²) in [4.78, 5) is 11.5. The predicted octanol–water partition coefficient (Wildman–Crippen LogP) is 2.47. The van der Waals surface area contributed by atoms with Gasteiger partial charge in [0.15, 0.2) is 9.84 Å². The van der Waals surface area contributed by atoms with E-state index in [4.69, 9.17) is 0 Å². The second-order valence-electron chi connectivity index (χ2n) is 5.47. The maximum Gasteiger partial charge on any atom is 0.183 e. The largest absolute Gasteiger partial charge is 0.302 e. The molecular weight excluding hydrogens is 317 g/mol. The molecule has 0 amide bonds. The molecular formula is C17H12FNO3S. The SMILES string of the molecule is N#C[C@]1(C=O)[C@H](c2cccc(F)c2)[C@@H]1S(=O)(=O)c1ccccc1. The predicted molar refractivity (Wildman–Crippen MR) is 80.7 cm³/mol. The number of benzene rings is 2. The standard InChI is InChI=1S/C17H12FNO3S/c18-13-6-4-5-12(9-13)15-16(17(15,10-19)11-20)23(21,22)14-7-2-1-3-8-14/h1-9,11,15-16H/t15-,16+,17+/m1/s1. The van der Waals surface area contributed by atoms with Gasteiger partial charge < -0.3 is 4.79 Å². The van der Waals surface area contributed by atoms with E-state index in [2.05, 4.69) is 0 Å². The summed E-state index contributed by atoms with van der Waals surface area (Å²) in [6, 6.07) is 14.8. The lowest BCUT2D eigenvalue weighted by Crippen LogP contribution is -2.16. The van der Waals surface area contributed by atoms with Crippen LogP contribution in [0.25, 0.3) is 0 Å². The van der Waals surface area contributed by atoms with Gasteiger partial charge >= 0.3 is 0 Å². The number of halogens is 1. The van der Waals surface area contributed by atoms with Crippen molar-refractivity contribution >= 4 is 16.1 Å². The van der Waals surface area contributed by atoms with E-state index < -0.39 is 32.2 Å². The molecule has 3 rings (SSSR count). The third kappa shape index (κ3) is 2.25. The lowest BCUT2D eigenvalue weighted by molar-refractivity contribution is -0.110. The van der Waals surface area contributed by atoms with Crippen molar-refractivity contribution in [1.29, 1.82) is 5.26 Å². The van der Waals surface area contributed by atoms with Gasteiger partial charge in [0.05, 0.1) is 11.0 Å². The number of carbonyl (C=O) groups excluding carboxylic acids is 1. The smallest absolute Gasteiger partial charge is 0.183 e. The minimum atomic E-state index is -3.88. The van der Waals surface area contributed by atoms with Crippen LogP contribution < -0.4 is 0 Å². The van der Waals surface area contributed by atoms with Gasteiger partial charge in [-0.05, 0) is 29.8 Å². The Morgan fingerprint density at radius 2 is 1.83 bits per heavy atom. The monoisotopic (exact) mass is 329 g/mol. The zero-order valence-corrected chi connectivity index (χ0v) is 12.7. The molecule has 2 aromatic carbocycles. The van der Waals surface area contributed by atoms with E-state index in [9.17, 15) is 22.9 Å². The average Bonchev–Trinajstić information content (AvgIpc) is 3.26. The molecule has 0 aromatic heterocycles. The fourth-order valence-electron chi connectivity index (χ4n) is 3.02. The van der Waals surface area contributed by atoms with Crippen molar-refractivity contribution in [3.05, 3.63) is 66.0 Å². The molecule has 1 aliphatic carbocycles. The minimum absolute atomic E-state index is 0.0466. The van der Waals surface area contributed by atoms with Gasteiger partial charge in [0.2, 0.25) is 0 Å². The molecule has 0 spiro atoms. The Hall–Kier alpha value is -2.52. The second kappa shape index (κ2) is 5.28. The van der Waals surface area contributed by atoms with Crippen LogP contribution in [0.4, 0.5) is 4.39 Å². The third-order valence-electron chi connectivity index (χ3n) is 4.18. The van der Waals surface area contributed by atoms with Gasteiger partial charge in [-0.3, -0.25) is 0 Å². The van der Waals surface area contributed by atoms with Crippen LogP contribution in [0.3, 0.4) is 0 Å². The third-order valence-corrected chi connectivity index (χ3v) is 6.44. The van der Waals surface area contributed by atoms with E-state index in [1.165, 1.54) is 36.4 Å². The van der Waals surface area contributed by atoms with Crippen LogP contribution in [-0.2, 0) is 14.6 Å². The molecule has 23 heavy (non-hydrogen) atoms. The summed E-state index contributed by atoms with van der Waals surface area (Å²) in [5, 5.41) is 8.19. The van der Waals surface area contributed by atoms with Crippen molar-refractivity contribution in [3.8, 4) is 6.07 Å². The normalized spacial score (nSPS) is 26.3. The summed E-state index contributed by atoms with van der Waals surface area (Å²) in [5.41, 5.74) is -1.34. The maximum atomic E-state index is 13.4. The number of nitriles is 1. The summed E-state index contributed by atoms with van der Waals surface area (Å²) in [7, 11) is -3.88. The Bertz CT molecular complexity index is 905. The van der Waals surface area contributed by atoms with E-state index in [0.717, 1.165) is 0 Å². The van der Waals surface area contributed by atoms with Gasteiger partial charge in [-0.2, -0.15) is 5.26 Å². The average molecular weight is 329 g/mol. The first kappa shape index (κ1) is 15.4. The first-order chi connectivity index (χ1) is 11.0. The van der Waals surface area contributed by atoms with Crippen LogP contribution in [-0.4, -0.2) is 20.0 Å². The Balaban J connectivity index is 2.11. The zero-order chi connectivity index (χ0) is 16.7. The van der Waals surface area contributed by atoms with Crippen LogP contribution in [0, 0.1) is 22.6 Å². The molecule has 0 saturated heterocycles. The van der Waals surface area contributed by atoms with Crippen molar-refractivity contribution < 1.29 is 17.6 Å². The second-order valence-corrected chi connectivity index (χ2v) is 7.54. The van der Waals surface area contributed by atoms with Crippen molar-refractivity contribution in [2.75, 3.05) is 0 Å². The first-order valence-corrected chi connectivity index (χ1v) is 8.44. The van der Waals surface area contributed by atoms with Crippen molar-refractivity contribution in [2.24, 2.45) is 5.41 Å². The number of hydrogen-bond acceptors (Lipinski definition) is 4. The topological polar surface area (TPSA) is 75.0 Å². The lowest BCUT2D eigenvalue weighted by Gasteiger charge is -2.04. The summed E-state index contributed by atoms with van der Waals surface area (Å²) in [6.45, 7) is 0. The molecule has 4 nitrogen and oxygen atoms in total. The van der Waals surface area contributed by atoms with Gasteiger partial charge in [0, 0.05) is 5.92 Å². The summed E-state index contributed by atoms with van der Waals surface area (Å²) in [5.74, 6) is -1.41. The maximum absolute atomic E-state index is 13.4. The molecule has 116 valence electrons. The summed E-state index contributed by atoms with van der Waals surface area (Å²) >= 11 is 0. The van der Waals surface area contributed by atoms with Crippen molar-refractivity contribution in [3.63, 3.8) is 0 Å². The van der Waals surface area contributed by atoms with E-state index in [-0.39, 0.29) is 4.90 Å². The number of rotatable bonds is 4. The van der Waals surface area contributed by atoms with Crippen molar-refractivity contribution in [1.82, 2.24) is 0 Å². The minimum Gasteiger partial charge on any atom is -0.302 e. The van der Waals surface area contributed by atoms with Crippen LogP contribution in [0.15, 0.2) is 59.5 Å². The molecule has 0 heterocycles. The number of aldehydes is 1. The molecule has 0 N–H and O–H groups in total. The number of sulfone groups is 1.